The molecule has 4 rings (SSSR count). The number of rotatable bonds is 5. The van der Waals surface area contributed by atoms with Crippen LogP contribution in [0.3, 0.4) is 0 Å². The van der Waals surface area contributed by atoms with Gasteiger partial charge in [-0.2, -0.15) is 9.30 Å². The molecule has 1 aliphatic heterocycles. The molecule has 12 heteroatoms. The largest absolute Gasteiger partial charge is 0.494 e. The molecule has 2 heterocycles. The number of nitrogens with zero attached hydrogens (tertiary/aromatic N) is 4. The topological polar surface area (TPSA) is 124 Å². The minimum absolute atomic E-state index is 0.121. The van der Waals surface area contributed by atoms with Crippen LogP contribution in [-0.4, -0.2) is 48.3 Å². The summed E-state index contributed by atoms with van der Waals surface area (Å²) in [4.78, 5) is 28.1. The molecule has 0 aliphatic carbocycles. The molecule has 2 aromatic carbocycles. The van der Waals surface area contributed by atoms with Gasteiger partial charge in [0.15, 0.2) is 10.6 Å². The summed E-state index contributed by atoms with van der Waals surface area (Å²) in [5.41, 5.74) is 0.701. The number of hydrogen-bond donors (Lipinski definition) is 0. The van der Waals surface area contributed by atoms with E-state index in [1.807, 2.05) is 0 Å². The number of nitro groups is 1. The molecule has 0 N–H and O–H groups in total. The van der Waals surface area contributed by atoms with Crippen molar-refractivity contribution in [1.82, 2.24) is 8.87 Å². The molecule has 1 saturated heterocycles. The van der Waals surface area contributed by atoms with Crippen LogP contribution in [0.25, 0.3) is 10.2 Å². The number of carbonyl (C=O) groups excluding carboxylic acids is 1. The van der Waals surface area contributed by atoms with Crippen molar-refractivity contribution in [3.63, 3.8) is 0 Å². The molecule has 10 nitrogen and oxygen atoms in total. The number of sulfonamides is 1. The van der Waals surface area contributed by atoms with Gasteiger partial charge in [0.1, 0.15) is 5.52 Å². The normalized spacial score (nSPS) is 16.1. The van der Waals surface area contributed by atoms with E-state index in [-0.39, 0.29) is 16.1 Å². The monoisotopic (exact) mass is 504 g/mol. The number of aromatic nitrogens is 1. The van der Waals surface area contributed by atoms with Crippen LogP contribution in [-0.2, 0) is 17.1 Å². The number of benzene rings is 2. The fourth-order valence-corrected chi connectivity index (χ4v) is 6.43. The van der Waals surface area contributed by atoms with Gasteiger partial charge < -0.3 is 9.30 Å². The van der Waals surface area contributed by atoms with E-state index < -0.39 is 20.9 Å². The Labute approximate surface area is 200 Å². The molecule has 0 unspecified atom stereocenters. The highest BCUT2D eigenvalue weighted by Gasteiger charge is 2.28. The van der Waals surface area contributed by atoms with Gasteiger partial charge in [0.05, 0.1) is 27.7 Å². The summed E-state index contributed by atoms with van der Waals surface area (Å²) in [6.07, 6.45) is 1.66. The van der Waals surface area contributed by atoms with Crippen molar-refractivity contribution in [3.05, 3.63) is 56.9 Å². The molecule has 1 aliphatic rings. The van der Waals surface area contributed by atoms with Gasteiger partial charge in [0.2, 0.25) is 10.0 Å². The lowest BCUT2D eigenvalue weighted by atomic mass is 10.0. The minimum Gasteiger partial charge on any atom is -0.494 e. The number of thiazole rings is 1. The van der Waals surface area contributed by atoms with E-state index in [2.05, 4.69) is 11.9 Å². The van der Waals surface area contributed by atoms with E-state index in [0.29, 0.717) is 39.8 Å². The standard InChI is InChI=1S/C22H24N4O6S2/c1-14-8-10-25(11-9-14)34(30,31)17-6-4-15(5-7-17)21(27)23-22-24(2)20-18(32-3)12-16(26(28)29)13-19(20)33-22/h4-7,12-14H,8-11H2,1-3H3. The van der Waals surface area contributed by atoms with Crippen molar-refractivity contribution in [2.24, 2.45) is 18.0 Å². The van der Waals surface area contributed by atoms with Crippen molar-refractivity contribution in [2.45, 2.75) is 24.7 Å². The summed E-state index contributed by atoms with van der Waals surface area (Å²) >= 11 is 1.12. The summed E-state index contributed by atoms with van der Waals surface area (Å²) in [5.74, 6) is 0.263. The van der Waals surface area contributed by atoms with E-state index in [4.69, 9.17) is 4.74 Å². The number of ether oxygens (including phenoxy) is 1. The number of nitro benzene ring substituents is 1. The molecule has 1 aromatic heterocycles. The SMILES string of the molecule is COc1cc([N+](=O)[O-])cc2sc(=NC(=O)c3ccc(S(=O)(=O)N4CCC(C)CC4)cc3)n(C)c12. The number of amides is 1. The predicted molar refractivity (Wildman–Crippen MR) is 127 cm³/mol. The lowest BCUT2D eigenvalue weighted by molar-refractivity contribution is -0.384. The zero-order chi connectivity index (χ0) is 24.6. The van der Waals surface area contributed by atoms with Crippen LogP contribution >= 0.6 is 11.3 Å². The molecule has 180 valence electrons. The van der Waals surface area contributed by atoms with Gasteiger partial charge in [-0.05, 0) is 43.0 Å². The Balaban J connectivity index is 1.64. The van der Waals surface area contributed by atoms with Gasteiger partial charge in [0, 0.05) is 31.8 Å². The van der Waals surface area contributed by atoms with Crippen molar-refractivity contribution in [1.29, 1.82) is 0 Å². The first-order chi connectivity index (χ1) is 16.1. The van der Waals surface area contributed by atoms with Gasteiger partial charge in [-0.1, -0.05) is 18.3 Å². The Morgan fingerprint density at radius 3 is 2.44 bits per heavy atom. The van der Waals surface area contributed by atoms with E-state index in [1.54, 1.807) is 11.6 Å². The Hall–Kier alpha value is -3.09. The third-order valence-electron chi connectivity index (χ3n) is 5.96. The van der Waals surface area contributed by atoms with Crippen molar-refractivity contribution < 1.29 is 22.9 Å². The van der Waals surface area contributed by atoms with Crippen LogP contribution in [0.15, 0.2) is 46.3 Å². The van der Waals surface area contributed by atoms with E-state index >= 15 is 0 Å². The van der Waals surface area contributed by atoms with Crippen LogP contribution in [0.1, 0.15) is 30.1 Å². The van der Waals surface area contributed by atoms with Crippen molar-refractivity contribution in [2.75, 3.05) is 20.2 Å². The highest BCUT2D eigenvalue weighted by atomic mass is 32.2. The average Bonchev–Trinajstić information content (AvgIpc) is 3.13. The lowest BCUT2D eigenvalue weighted by Crippen LogP contribution is -2.37. The zero-order valence-corrected chi connectivity index (χ0v) is 20.6. The van der Waals surface area contributed by atoms with Crippen molar-refractivity contribution in [3.8, 4) is 5.75 Å². The number of methoxy groups -OCH3 is 1. The van der Waals surface area contributed by atoms with Gasteiger partial charge in [-0.3, -0.25) is 14.9 Å². The first kappa shape index (κ1) is 24.0. The highest BCUT2D eigenvalue weighted by molar-refractivity contribution is 7.89. The summed E-state index contributed by atoms with van der Waals surface area (Å²) in [6.45, 7) is 3.09. The average molecular weight is 505 g/mol. The molecular weight excluding hydrogens is 480 g/mol. The molecular formula is C22H24N4O6S2. The van der Waals surface area contributed by atoms with Gasteiger partial charge in [-0.25, -0.2) is 8.42 Å². The Morgan fingerprint density at radius 2 is 1.85 bits per heavy atom. The molecule has 1 fully saturated rings. The van der Waals surface area contributed by atoms with Gasteiger partial charge in [-0.15, -0.1) is 0 Å². The van der Waals surface area contributed by atoms with Crippen LogP contribution in [0.4, 0.5) is 5.69 Å². The lowest BCUT2D eigenvalue weighted by Gasteiger charge is -2.29. The number of fused-ring (bicyclic) bond motifs is 1. The predicted octanol–water partition coefficient (Wildman–Crippen LogP) is 3.32. The van der Waals surface area contributed by atoms with Gasteiger partial charge >= 0.3 is 0 Å². The second kappa shape index (κ2) is 9.28. The molecule has 0 bridgehead atoms. The number of piperidine rings is 1. The quantitative estimate of drug-likeness (QED) is 0.388. The van der Waals surface area contributed by atoms with Crippen LogP contribution < -0.4 is 9.54 Å². The second-order valence-corrected chi connectivity index (χ2v) is 11.2. The zero-order valence-electron chi connectivity index (χ0n) is 18.9. The fraction of sp³-hybridized carbons (Fsp3) is 0.364. The molecule has 3 aromatic rings. The van der Waals surface area contributed by atoms with Crippen LogP contribution in [0.5, 0.6) is 5.75 Å². The van der Waals surface area contributed by atoms with E-state index in [1.165, 1.54) is 47.8 Å². The highest BCUT2D eigenvalue weighted by Crippen LogP contribution is 2.32. The molecule has 0 atom stereocenters. The molecule has 0 saturated carbocycles. The Morgan fingerprint density at radius 1 is 1.21 bits per heavy atom. The summed E-state index contributed by atoms with van der Waals surface area (Å²) in [6, 6.07) is 8.48. The summed E-state index contributed by atoms with van der Waals surface area (Å²) < 4.78 is 34.8. The molecule has 0 spiro atoms. The minimum atomic E-state index is -3.61. The van der Waals surface area contributed by atoms with E-state index in [9.17, 15) is 23.3 Å². The Kier molecular flexibility index (Phi) is 6.56. The molecule has 0 radical (unpaired) electrons. The first-order valence-electron chi connectivity index (χ1n) is 10.6. The maximum Gasteiger partial charge on any atom is 0.279 e. The third-order valence-corrected chi connectivity index (χ3v) is 8.95. The number of aryl methyl sites for hydroxylation is 1. The second-order valence-electron chi connectivity index (χ2n) is 8.22. The number of carbonyl (C=O) groups is 1. The van der Waals surface area contributed by atoms with E-state index in [0.717, 1.165) is 24.2 Å². The fourth-order valence-electron chi connectivity index (χ4n) is 3.89. The maximum absolute atomic E-state index is 12.9. The molecule has 1 amide bonds. The smallest absolute Gasteiger partial charge is 0.279 e. The third kappa shape index (κ3) is 4.48. The number of hydrogen-bond acceptors (Lipinski definition) is 7. The maximum atomic E-state index is 12.9. The van der Waals surface area contributed by atoms with Crippen LogP contribution in [0, 0.1) is 16.0 Å². The molecule has 34 heavy (non-hydrogen) atoms. The van der Waals surface area contributed by atoms with Gasteiger partial charge in [0.25, 0.3) is 11.6 Å². The Bertz CT molecular complexity index is 1430. The first-order valence-corrected chi connectivity index (χ1v) is 12.9. The summed E-state index contributed by atoms with van der Waals surface area (Å²) in [7, 11) is -0.505. The van der Waals surface area contributed by atoms with Crippen LogP contribution in [0.2, 0.25) is 0 Å². The van der Waals surface area contributed by atoms with Crippen molar-refractivity contribution >= 4 is 43.2 Å². The number of non-ortho nitro benzene ring substituents is 1. The summed E-state index contributed by atoms with van der Waals surface area (Å²) in [5, 5.41) is 11.2.